The summed E-state index contributed by atoms with van der Waals surface area (Å²) < 4.78 is 0. The molecular formula is C14H26N2O2. The van der Waals surface area contributed by atoms with Gasteiger partial charge in [0.2, 0.25) is 0 Å². The summed E-state index contributed by atoms with van der Waals surface area (Å²) in [6.07, 6.45) is 8.96. The second-order valence-corrected chi connectivity index (χ2v) is 6.47. The Hall–Kier alpha value is -0.770. The summed E-state index contributed by atoms with van der Waals surface area (Å²) in [5.41, 5.74) is -0.0833. The van der Waals surface area contributed by atoms with Crippen molar-refractivity contribution in [3.8, 4) is 0 Å². The van der Waals surface area contributed by atoms with E-state index in [1.54, 1.807) is 0 Å². The first kappa shape index (κ1) is 13.7. The van der Waals surface area contributed by atoms with Gasteiger partial charge in [-0.2, -0.15) is 0 Å². The maximum atomic E-state index is 11.9. The zero-order chi connectivity index (χ0) is 13.1. The molecular weight excluding hydrogens is 228 g/mol. The highest BCUT2D eigenvalue weighted by molar-refractivity contribution is 5.74. The molecule has 0 heterocycles. The number of carbonyl (C=O) groups excluding carboxylic acids is 1. The van der Waals surface area contributed by atoms with Crippen LogP contribution < -0.4 is 10.6 Å². The Labute approximate surface area is 110 Å². The van der Waals surface area contributed by atoms with Gasteiger partial charge in [0.05, 0.1) is 12.1 Å². The molecule has 4 heteroatoms. The molecule has 0 atom stereocenters. The SMILES string of the molecule is CC1(CNC(=O)NC2(CO)CCCC2)CCCC1. The topological polar surface area (TPSA) is 61.4 Å². The van der Waals surface area contributed by atoms with E-state index < -0.39 is 0 Å². The maximum Gasteiger partial charge on any atom is 0.315 e. The van der Waals surface area contributed by atoms with E-state index in [0.717, 1.165) is 32.2 Å². The average Bonchev–Trinajstić information content (AvgIpc) is 2.98. The summed E-state index contributed by atoms with van der Waals surface area (Å²) >= 11 is 0. The lowest BCUT2D eigenvalue weighted by Gasteiger charge is -2.30. The number of aliphatic hydroxyl groups excluding tert-OH is 1. The Morgan fingerprint density at radius 1 is 1.11 bits per heavy atom. The standard InChI is InChI=1S/C14H26N2O2/c1-13(6-2-3-7-13)10-15-12(18)16-14(11-17)8-4-5-9-14/h17H,2-11H2,1H3,(H2,15,16,18). The van der Waals surface area contributed by atoms with E-state index in [9.17, 15) is 9.90 Å². The first-order valence-electron chi connectivity index (χ1n) is 7.25. The zero-order valence-corrected chi connectivity index (χ0v) is 11.4. The molecule has 0 saturated heterocycles. The number of carbonyl (C=O) groups is 1. The van der Waals surface area contributed by atoms with Crippen molar-refractivity contribution in [1.82, 2.24) is 10.6 Å². The zero-order valence-electron chi connectivity index (χ0n) is 11.4. The molecule has 2 fully saturated rings. The molecule has 0 aromatic heterocycles. The van der Waals surface area contributed by atoms with Gasteiger partial charge in [-0.05, 0) is 31.1 Å². The monoisotopic (exact) mass is 254 g/mol. The molecule has 4 nitrogen and oxygen atoms in total. The van der Waals surface area contributed by atoms with Crippen LogP contribution in [0.4, 0.5) is 4.79 Å². The van der Waals surface area contributed by atoms with Crippen LogP contribution in [0, 0.1) is 5.41 Å². The first-order valence-corrected chi connectivity index (χ1v) is 7.25. The third-order valence-electron chi connectivity index (χ3n) is 4.73. The van der Waals surface area contributed by atoms with E-state index in [4.69, 9.17) is 0 Å². The quantitative estimate of drug-likeness (QED) is 0.720. The summed E-state index contributed by atoms with van der Waals surface area (Å²) in [6.45, 7) is 3.05. The van der Waals surface area contributed by atoms with Gasteiger partial charge in [0, 0.05) is 6.54 Å². The maximum absolute atomic E-state index is 11.9. The van der Waals surface area contributed by atoms with Crippen molar-refractivity contribution in [1.29, 1.82) is 0 Å². The largest absolute Gasteiger partial charge is 0.394 e. The van der Waals surface area contributed by atoms with Crippen LogP contribution in [0.2, 0.25) is 0 Å². The van der Waals surface area contributed by atoms with Crippen molar-refractivity contribution >= 4 is 6.03 Å². The predicted molar refractivity (Wildman–Crippen MR) is 71.4 cm³/mol. The molecule has 2 amide bonds. The van der Waals surface area contributed by atoms with Gasteiger partial charge in [0.15, 0.2) is 0 Å². The predicted octanol–water partition coefficient (Wildman–Crippen LogP) is 2.17. The normalized spacial score (nSPS) is 25.0. The number of amides is 2. The van der Waals surface area contributed by atoms with Crippen molar-refractivity contribution in [2.75, 3.05) is 13.2 Å². The van der Waals surface area contributed by atoms with Crippen molar-refractivity contribution in [3.05, 3.63) is 0 Å². The van der Waals surface area contributed by atoms with Gasteiger partial charge in [-0.1, -0.05) is 32.6 Å². The number of hydrogen-bond donors (Lipinski definition) is 3. The van der Waals surface area contributed by atoms with E-state index in [0.29, 0.717) is 0 Å². The molecule has 0 unspecified atom stereocenters. The Kier molecular flexibility index (Phi) is 4.15. The first-order chi connectivity index (χ1) is 8.58. The molecule has 2 aliphatic carbocycles. The van der Waals surface area contributed by atoms with Crippen LogP contribution >= 0.6 is 0 Å². The third-order valence-corrected chi connectivity index (χ3v) is 4.73. The van der Waals surface area contributed by atoms with Crippen molar-refractivity contribution in [3.63, 3.8) is 0 Å². The highest BCUT2D eigenvalue weighted by Crippen LogP contribution is 2.36. The van der Waals surface area contributed by atoms with Gasteiger partial charge in [-0.25, -0.2) is 4.79 Å². The molecule has 2 rings (SSSR count). The summed E-state index contributed by atoms with van der Waals surface area (Å²) in [7, 11) is 0. The third kappa shape index (κ3) is 3.16. The fraction of sp³-hybridized carbons (Fsp3) is 0.929. The Morgan fingerprint density at radius 3 is 2.22 bits per heavy atom. The lowest BCUT2D eigenvalue weighted by Crippen LogP contribution is -2.53. The van der Waals surface area contributed by atoms with E-state index in [1.807, 2.05) is 0 Å². The molecule has 0 bridgehead atoms. The molecule has 0 aliphatic heterocycles. The molecule has 0 spiro atoms. The number of nitrogens with one attached hydrogen (secondary N) is 2. The van der Waals surface area contributed by atoms with Crippen LogP contribution in [0.25, 0.3) is 0 Å². The van der Waals surface area contributed by atoms with Crippen LogP contribution in [0.3, 0.4) is 0 Å². The summed E-state index contributed by atoms with van der Waals surface area (Å²) in [4.78, 5) is 11.9. The summed E-state index contributed by atoms with van der Waals surface area (Å²) in [5.74, 6) is 0. The minimum absolute atomic E-state index is 0.0533. The molecule has 2 aliphatic rings. The van der Waals surface area contributed by atoms with Gasteiger partial charge in [0.1, 0.15) is 0 Å². The minimum atomic E-state index is -0.360. The van der Waals surface area contributed by atoms with E-state index in [1.165, 1.54) is 25.7 Å². The Morgan fingerprint density at radius 2 is 1.67 bits per heavy atom. The smallest absolute Gasteiger partial charge is 0.315 e. The van der Waals surface area contributed by atoms with Crippen LogP contribution in [-0.4, -0.2) is 29.8 Å². The van der Waals surface area contributed by atoms with Crippen molar-refractivity contribution < 1.29 is 9.90 Å². The molecule has 0 aromatic rings. The summed E-state index contributed by atoms with van der Waals surface area (Å²) in [6, 6.07) is -0.112. The molecule has 18 heavy (non-hydrogen) atoms. The fourth-order valence-corrected chi connectivity index (χ4v) is 3.36. The van der Waals surface area contributed by atoms with E-state index in [2.05, 4.69) is 17.6 Å². The molecule has 2 saturated carbocycles. The molecule has 104 valence electrons. The highest BCUT2D eigenvalue weighted by Gasteiger charge is 2.35. The van der Waals surface area contributed by atoms with Gasteiger partial charge in [-0.3, -0.25) is 0 Å². The average molecular weight is 254 g/mol. The van der Waals surface area contributed by atoms with Crippen molar-refractivity contribution in [2.24, 2.45) is 5.41 Å². The van der Waals surface area contributed by atoms with Crippen LogP contribution in [-0.2, 0) is 0 Å². The van der Waals surface area contributed by atoms with Gasteiger partial charge in [0.25, 0.3) is 0 Å². The van der Waals surface area contributed by atoms with Gasteiger partial charge >= 0.3 is 6.03 Å². The number of hydrogen-bond acceptors (Lipinski definition) is 2. The van der Waals surface area contributed by atoms with E-state index in [-0.39, 0.29) is 23.6 Å². The molecule has 3 N–H and O–H groups in total. The Balaban J connectivity index is 1.77. The fourth-order valence-electron chi connectivity index (χ4n) is 3.36. The second-order valence-electron chi connectivity index (χ2n) is 6.47. The molecule has 0 aromatic carbocycles. The highest BCUT2D eigenvalue weighted by atomic mass is 16.3. The lowest BCUT2D eigenvalue weighted by molar-refractivity contribution is 0.161. The van der Waals surface area contributed by atoms with Crippen LogP contribution in [0.15, 0.2) is 0 Å². The minimum Gasteiger partial charge on any atom is -0.394 e. The Bertz CT molecular complexity index is 292. The van der Waals surface area contributed by atoms with Crippen LogP contribution in [0.1, 0.15) is 58.3 Å². The van der Waals surface area contributed by atoms with E-state index >= 15 is 0 Å². The lowest BCUT2D eigenvalue weighted by atomic mass is 9.89. The van der Waals surface area contributed by atoms with Gasteiger partial charge in [-0.15, -0.1) is 0 Å². The summed E-state index contributed by atoms with van der Waals surface area (Å²) in [5, 5.41) is 15.4. The van der Waals surface area contributed by atoms with Gasteiger partial charge < -0.3 is 15.7 Å². The van der Waals surface area contributed by atoms with Crippen molar-refractivity contribution in [2.45, 2.75) is 63.8 Å². The number of urea groups is 1. The number of aliphatic hydroxyl groups is 1. The second kappa shape index (κ2) is 5.47. The molecule has 0 radical (unpaired) electrons. The number of rotatable bonds is 4. The van der Waals surface area contributed by atoms with Crippen LogP contribution in [0.5, 0.6) is 0 Å².